The Morgan fingerprint density at radius 1 is 0.865 bits per heavy atom. The summed E-state index contributed by atoms with van der Waals surface area (Å²) in [4.78, 5) is 26.5. The summed E-state index contributed by atoms with van der Waals surface area (Å²) in [6, 6.07) is 23.9. The third kappa shape index (κ3) is 7.03. The number of anilines is 1. The normalized spacial score (nSPS) is 13.8. The van der Waals surface area contributed by atoms with Gasteiger partial charge in [-0.15, -0.1) is 9.24 Å². The van der Waals surface area contributed by atoms with Crippen LogP contribution in [0.5, 0.6) is 0 Å². The Bertz CT molecular complexity index is 1270. The Kier molecular flexibility index (Phi) is 9.23. The van der Waals surface area contributed by atoms with Gasteiger partial charge in [0.05, 0.1) is 12.2 Å². The van der Waals surface area contributed by atoms with Crippen LogP contribution < -0.4 is 10.6 Å². The summed E-state index contributed by atoms with van der Waals surface area (Å²) in [5.41, 5.74) is 11.4. The molecule has 0 aliphatic carbocycles. The summed E-state index contributed by atoms with van der Waals surface area (Å²) in [5.74, 6) is 0.314. The lowest BCUT2D eigenvalue weighted by molar-refractivity contribution is -0.126. The lowest BCUT2D eigenvalue weighted by Gasteiger charge is -2.33. The van der Waals surface area contributed by atoms with Gasteiger partial charge in [-0.1, -0.05) is 99.7 Å². The predicted molar refractivity (Wildman–Crippen MR) is 160 cm³/mol. The van der Waals surface area contributed by atoms with E-state index >= 15 is 0 Å². The smallest absolute Gasteiger partial charge is 0.232 e. The number of para-hydroxylation sites is 1. The first kappa shape index (κ1) is 28.5. The van der Waals surface area contributed by atoms with Crippen LogP contribution >= 0.6 is 9.24 Å². The van der Waals surface area contributed by atoms with Crippen molar-refractivity contribution in [1.82, 2.24) is 0 Å². The van der Waals surface area contributed by atoms with E-state index in [1.165, 1.54) is 11.1 Å². The van der Waals surface area contributed by atoms with Crippen molar-refractivity contribution in [3.63, 3.8) is 0 Å². The summed E-state index contributed by atoms with van der Waals surface area (Å²) in [7, 11) is 2.43. The lowest BCUT2D eigenvalue weighted by Crippen LogP contribution is -2.41. The molecule has 37 heavy (non-hydrogen) atoms. The van der Waals surface area contributed by atoms with Crippen LogP contribution in [0.1, 0.15) is 73.7 Å². The second kappa shape index (κ2) is 12.0. The zero-order chi connectivity index (χ0) is 27.2. The molecule has 0 saturated carbocycles. The monoisotopic (exact) mass is 514 g/mol. The van der Waals surface area contributed by atoms with Crippen molar-refractivity contribution in [2.75, 3.05) is 11.1 Å². The van der Waals surface area contributed by atoms with Gasteiger partial charge in [-0.25, -0.2) is 0 Å². The minimum absolute atomic E-state index is 0.136. The third-order valence-electron chi connectivity index (χ3n) is 6.90. The minimum atomic E-state index is -0.370. The molecule has 2 N–H and O–H groups in total. The van der Waals surface area contributed by atoms with Crippen molar-refractivity contribution in [2.45, 2.75) is 53.1 Å². The van der Waals surface area contributed by atoms with Crippen LogP contribution in [-0.4, -0.2) is 17.9 Å². The molecule has 1 unspecified atom stereocenters. The molecule has 5 heteroatoms. The van der Waals surface area contributed by atoms with Gasteiger partial charge in [0.1, 0.15) is 0 Å². The van der Waals surface area contributed by atoms with Gasteiger partial charge < -0.3 is 10.6 Å². The van der Waals surface area contributed by atoms with E-state index in [1.807, 2.05) is 87.2 Å². The molecule has 0 spiro atoms. The number of hydrogen-bond donors (Lipinski definition) is 1. The number of amides is 1. The Morgan fingerprint density at radius 3 is 2.03 bits per heavy atom. The van der Waals surface area contributed by atoms with Crippen LogP contribution in [0.4, 0.5) is 5.69 Å². The quantitative estimate of drug-likeness (QED) is 0.292. The van der Waals surface area contributed by atoms with Crippen molar-refractivity contribution < 1.29 is 9.59 Å². The van der Waals surface area contributed by atoms with Crippen molar-refractivity contribution in [1.29, 1.82) is 0 Å². The van der Waals surface area contributed by atoms with Gasteiger partial charge >= 0.3 is 0 Å². The van der Waals surface area contributed by atoms with Crippen LogP contribution in [0, 0.1) is 5.41 Å². The standard InChI is InChI=1S/C21H23NO.C11H16NOP/c1-4-21(2,3)20(23)22-15-18-11-6-5-9-16(18)13-14-17-10-7-8-12-19(17)22;1-11(2,12)9-5-3-8(4-6-9)10(13)7-14/h5-14H,4,15H2,1-3H3;3-6H,7,12,14H2,1-2H3/b14-13-;. The Labute approximate surface area is 224 Å². The number of hydrogen-bond acceptors (Lipinski definition) is 3. The fourth-order valence-corrected chi connectivity index (χ4v) is 4.29. The molecule has 1 atom stereocenters. The third-order valence-corrected chi connectivity index (χ3v) is 7.27. The molecule has 0 radical (unpaired) electrons. The predicted octanol–water partition coefficient (Wildman–Crippen LogP) is 7.08. The number of ketones is 1. The Morgan fingerprint density at radius 2 is 1.43 bits per heavy atom. The summed E-state index contributed by atoms with van der Waals surface area (Å²) in [5, 5.41) is 0. The molecule has 0 saturated heterocycles. The van der Waals surface area contributed by atoms with Crippen molar-refractivity contribution >= 4 is 38.8 Å². The second-order valence-corrected chi connectivity index (χ2v) is 11.1. The molecule has 0 fully saturated rings. The molecule has 3 aromatic carbocycles. The van der Waals surface area contributed by atoms with Crippen molar-refractivity contribution in [3.05, 3.63) is 101 Å². The maximum Gasteiger partial charge on any atom is 0.232 e. The molecule has 1 aliphatic rings. The molecular weight excluding hydrogens is 475 g/mol. The van der Waals surface area contributed by atoms with E-state index in [-0.39, 0.29) is 22.6 Å². The molecule has 1 amide bonds. The fourth-order valence-electron chi connectivity index (χ4n) is 4.05. The van der Waals surface area contributed by atoms with Gasteiger partial charge in [-0.2, -0.15) is 0 Å². The highest BCUT2D eigenvalue weighted by Gasteiger charge is 2.32. The summed E-state index contributed by atoms with van der Waals surface area (Å²) < 4.78 is 0. The van der Waals surface area contributed by atoms with E-state index in [4.69, 9.17) is 5.73 Å². The van der Waals surface area contributed by atoms with Gasteiger partial charge in [-0.05, 0) is 48.6 Å². The first-order chi connectivity index (χ1) is 17.5. The SMILES string of the molecule is CC(C)(N)c1ccc(C(=O)CP)cc1.CCC(C)(C)C(=O)N1Cc2ccccc2/C=C\c2ccccc21. The zero-order valence-electron chi connectivity index (χ0n) is 22.6. The van der Waals surface area contributed by atoms with Gasteiger partial charge in [0.15, 0.2) is 5.78 Å². The average Bonchev–Trinajstić information content (AvgIpc) is 2.89. The van der Waals surface area contributed by atoms with E-state index < -0.39 is 0 Å². The van der Waals surface area contributed by atoms with Gasteiger partial charge in [0.2, 0.25) is 5.91 Å². The number of fused-ring (bicyclic) bond motifs is 2. The summed E-state index contributed by atoms with van der Waals surface area (Å²) in [6.45, 7) is 10.6. The van der Waals surface area contributed by atoms with E-state index in [0.717, 1.165) is 28.8 Å². The van der Waals surface area contributed by atoms with Gasteiger partial charge in [-0.3, -0.25) is 9.59 Å². The highest BCUT2D eigenvalue weighted by Crippen LogP contribution is 2.33. The Balaban J connectivity index is 0.000000233. The maximum absolute atomic E-state index is 13.2. The maximum atomic E-state index is 13.2. The van der Waals surface area contributed by atoms with E-state index in [9.17, 15) is 9.59 Å². The lowest BCUT2D eigenvalue weighted by atomic mass is 9.87. The van der Waals surface area contributed by atoms with Gasteiger partial charge in [0, 0.05) is 22.7 Å². The molecule has 194 valence electrons. The summed E-state index contributed by atoms with van der Waals surface area (Å²) >= 11 is 0. The zero-order valence-corrected chi connectivity index (χ0v) is 23.8. The number of Topliss-reactive ketones (excluding diaryl/α,β-unsaturated/α-hetero) is 1. The summed E-state index contributed by atoms with van der Waals surface area (Å²) in [6.07, 6.45) is 5.53. The van der Waals surface area contributed by atoms with Crippen LogP contribution in [0.15, 0.2) is 72.8 Å². The molecule has 4 rings (SSSR count). The highest BCUT2D eigenvalue weighted by molar-refractivity contribution is 7.18. The average molecular weight is 515 g/mol. The number of rotatable bonds is 5. The second-order valence-electron chi connectivity index (χ2n) is 10.6. The van der Waals surface area contributed by atoms with Gasteiger partial charge in [0.25, 0.3) is 0 Å². The topological polar surface area (TPSA) is 63.4 Å². The number of carbonyl (C=O) groups is 2. The highest BCUT2D eigenvalue weighted by atomic mass is 31.0. The minimum Gasteiger partial charge on any atom is -0.322 e. The van der Waals surface area contributed by atoms with Crippen LogP contribution in [0.3, 0.4) is 0 Å². The first-order valence-corrected chi connectivity index (χ1v) is 13.6. The molecule has 4 nitrogen and oxygen atoms in total. The number of nitrogens with zero attached hydrogens (tertiary/aromatic N) is 1. The molecule has 1 heterocycles. The van der Waals surface area contributed by atoms with Crippen LogP contribution in [-0.2, 0) is 16.9 Å². The van der Waals surface area contributed by atoms with E-state index in [0.29, 0.717) is 12.7 Å². The van der Waals surface area contributed by atoms with Crippen LogP contribution in [0.2, 0.25) is 0 Å². The van der Waals surface area contributed by atoms with E-state index in [1.54, 1.807) is 0 Å². The number of nitrogens with two attached hydrogens (primary N) is 1. The van der Waals surface area contributed by atoms with Crippen molar-refractivity contribution in [3.8, 4) is 0 Å². The molecule has 0 bridgehead atoms. The number of benzene rings is 3. The van der Waals surface area contributed by atoms with Crippen LogP contribution in [0.25, 0.3) is 12.2 Å². The largest absolute Gasteiger partial charge is 0.322 e. The Hall–Kier alpha value is -3.07. The fraction of sp³-hybridized carbons (Fsp3) is 0.312. The first-order valence-electron chi connectivity index (χ1n) is 12.8. The molecule has 1 aliphatic heterocycles. The number of carbonyl (C=O) groups excluding carboxylic acids is 2. The van der Waals surface area contributed by atoms with E-state index in [2.05, 4.69) is 46.5 Å². The molecule has 3 aromatic rings. The molecular formula is C32H39N2O2P. The van der Waals surface area contributed by atoms with Crippen molar-refractivity contribution in [2.24, 2.45) is 11.1 Å². The molecule has 0 aromatic heterocycles.